The number of hydrogen-bond donors (Lipinski definition) is 0. The summed E-state index contributed by atoms with van der Waals surface area (Å²) in [4.78, 5) is 0. The molecule has 0 saturated heterocycles. The van der Waals surface area contributed by atoms with Crippen molar-refractivity contribution >= 4 is 0 Å². The average molecular weight is 405 g/mol. The molecule has 0 bridgehead atoms. The molecule has 0 heterocycles. The number of ether oxygens (including phenoxy) is 2. The molecule has 0 N–H and O–H groups in total. The Labute approximate surface area is 183 Å². The van der Waals surface area contributed by atoms with Gasteiger partial charge in [-0.2, -0.15) is 0 Å². The van der Waals surface area contributed by atoms with Crippen LogP contribution in [0, 0.1) is 23.7 Å². The molecule has 0 atom stereocenters. The van der Waals surface area contributed by atoms with E-state index in [1.165, 1.54) is 38.5 Å². The lowest BCUT2D eigenvalue weighted by molar-refractivity contribution is 0.178. The second kappa shape index (κ2) is 12.3. The van der Waals surface area contributed by atoms with Gasteiger partial charge in [-0.1, -0.05) is 57.8 Å². The van der Waals surface area contributed by atoms with Crippen molar-refractivity contribution in [2.24, 2.45) is 11.8 Å². The molecule has 1 saturated carbocycles. The summed E-state index contributed by atoms with van der Waals surface area (Å²) >= 11 is 0. The van der Waals surface area contributed by atoms with Crippen molar-refractivity contribution in [1.82, 2.24) is 0 Å². The van der Waals surface area contributed by atoms with Gasteiger partial charge in [0.2, 0.25) is 0 Å². The molecule has 0 radical (unpaired) electrons. The minimum absolute atomic E-state index is 0.714. The average Bonchev–Trinajstić information content (AvgIpc) is 2.79. The molecule has 0 unspecified atom stereocenters. The SMILES string of the molecule is CCCCOc1ccc(C#Cc2ccc(OC[C@H]3CC[C@H](CCC)CC3)cc2)cc1. The molecule has 30 heavy (non-hydrogen) atoms. The Balaban J connectivity index is 1.44. The Hall–Kier alpha value is -2.40. The van der Waals surface area contributed by atoms with Crippen molar-refractivity contribution in [3.05, 3.63) is 59.7 Å². The highest BCUT2D eigenvalue weighted by Gasteiger charge is 2.20. The maximum atomic E-state index is 6.05. The fraction of sp³-hybridized carbons (Fsp3) is 0.500. The first-order valence-electron chi connectivity index (χ1n) is 11.7. The van der Waals surface area contributed by atoms with E-state index in [1.54, 1.807) is 0 Å². The van der Waals surface area contributed by atoms with Crippen molar-refractivity contribution in [2.75, 3.05) is 13.2 Å². The number of benzene rings is 2. The van der Waals surface area contributed by atoms with Crippen LogP contribution in [0.25, 0.3) is 0 Å². The van der Waals surface area contributed by atoms with Crippen LogP contribution in [0.3, 0.4) is 0 Å². The third kappa shape index (κ3) is 7.45. The second-order valence-electron chi connectivity index (χ2n) is 8.49. The van der Waals surface area contributed by atoms with Gasteiger partial charge in [0.05, 0.1) is 13.2 Å². The van der Waals surface area contributed by atoms with Gasteiger partial charge < -0.3 is 9.47 Å². The summed E-state index contributed by atoms with van der Waals surface area (Å²) in [6.07, 6.45) is 10.3. The summed E-state index contributed by atoms with van der Waals surface area (Å²) in [5, 5.41) is 0. The van der Waals surface area contributed by atoms with Crippen molar-refractivity contribution in [3.63, 3.8) is 0 Å². The predicted octanol–water partition coefficient (Wildman–Crippen LogP) is 7.25. The van der Waals surface area contributed by atoms with Crippen LogP contribution in [0.4, 0.5) is 0 Å². The van der Waals surface area contributed by atoms with Gasteiger partial charge in [0, 0.05) is 11.1 Å². The molecule has 0 aromatic heterocycles. The summed E-state index contributed by atoms with van der Waals surface area (Å²) in [6.45, 7) is 6.08. The van der Waals surface area contributed by atoms with Gasteiger partial charge in [-0.3, -0.25) is 0 Å². The highest BCUT2D eigenvalue weighted by atomic mass is 16.5. The van der Waals surface area contributed by atoms with Crippen molar-refractivity contribution in [2.45, 2.75) is 65.2 Å². The van der Waals surface area contributed by atoms with Crippen molar-refractivity contribution < 1.29 is 9.47 Å². The Kier molecular flexibility index (Phi) is 9.16. The van der Waals surface area contributed by atoms with Gasteiger partial charge in [-0.25, -0.2) is 0 Å². The predicted molar refractivity (Wildman–Crippen MR) is 125 cm³/mol. The number of unbranched alkanes of at least 4 members (excludes halogenated alkanes) is 1. The van der Waals surface area contributed by atoms with Gasteiger partial charge >= 0.3 is 0 Å². The van der Waals surface area contributed by atoms with Crippen LogP contribution in [0.1, 0.15) is 76.3 Å². The smallest absolute Gasteiger partial charge is 0.119 e. The number of rotatable bonds is 9. The molecule has 0 amide bonds. The first-order chi connectivity index (χ1) is 14.8. The molecule has 1 aliphatic rings. The van der Waals surface area contributed by atoms with Crippen LogP contribution in [0.5, 0.6) is 11.5 Å². The third-order valence-electron chi connectivity index (χ3n) is 5.98. The molecular weight excluding hydrogens is 368 g/mol. The van der Waals surface area contributed by atoms with E-state index in [9.17, 15) is 0 Å². The topological polar surface area (TPSA) is 18.5 Å². The first-order valence-corrected chi connectivity index (χ1v) is 11.7. The van der Waals surface area contributed by atoms with Crippen LogP contribution < -0.4 is 9.47 Å². The lowest BCUT2D eigenvalue weighted by atomic mass is 9.80. The zero-order valence-corrected chi connectivity index (χ0v) is 18.7. The van der Waals surface area contributed by atoms with E-state index in [2.05, 4.69) is 25.7 Å². The maximum absolute atomic E-state index is 6.05. The van der Waals surface area contributed by atoms with E-state index in [0.717, 1.165) is 54.6 Å². The Morgan fingerprint density at radius 1 is 0.700 bits per heavy atom. The summed E-state index contributed by atoms with van der Waals surface area (Å²) in [6, 6.07) is 16.2. The highest BCUT2D eigenvalue weighted by Crippen LogP contribution is 2.31. The first kappa shape index (κ1) is 22.3. The Bertz CT molecular complexity index is 787. The molecule has 2 nitrogen and oxygen atoms in total. The Morgan fingerprint density at radius 2 is 1.23 bits per heavy atom. The van der Waals surface area contributed by atoms with Gasteiger partial charge in [-0.05, 0) is 79.6 Å². The molecule has 3 rings (SSSR count). The zero-order chi connectivity index (χ0) is 21.0. The second-order valence-corrected chi connectivity index (χ2v) is 8.49. The fourth-order valence-electron chi connectivity index (χ4n) is 4.06. The normalized spacial score (nSPS) is 18.3. The molecule has 0 aliphatic heterocycles. The Morgan fingerprint density at radius 3 is 1.77 bits per heavy atom. The molecular formula is C28H36O2. The van der Waals surface area contributed by atoms with Gasteiger partial charge in [0.25, 0.3) is 0 Å². The van der Waals surface area contributed by atoms with E-state index in [1.807, 2.05) is 48.5 Å². The minimum Gasteiger partial charge on any atom is -0.494 e. The van der Waals surface area contributed by atoms with Gasteiger partial charge in [0.1, 0.15) is 11.5 Å². The van der Waals surface area contributed by atoms with E-state index >= 15 is 0 Å². The zero-order valence-electron chi connectivity index (χ0n) is 18.7. The van der Waals surface area contributed by atoms with E-state index in [-0.39, 0.29) is 0 Å². The molecule has 2 heteroatoms. The van der Waals surface area contributed by atoms with Crippen molar-refractivity contribution in [3.8, 4) is 23.3 Å². The van der Waals surface area contributed by atoms with Crippen LogP contribution in [-0.2, 0) is 0 Å². The van der Waals surface area contributed by atoms with Gasteiger partial charge in [0.15, 0.2) is 0 Å². The van der Waals surface area contributed by atoms with Gasteiger partial charge in [-0.15, -0.1) is 0 Å². The lowest BCUT2D eigenvalue weighted by Crippen LogP contribution is -2.20. The molecule has 1 fully saturated rings. The van der Waals surface area contributed by atoms with Crippen molar-refractivity contribution in [1.29, 1.82) is 0 Å². The van der Waals surface area contributed by atoms with E-state index in [4.69, 9.17) is 9.47 Å². The monoisotopic (exact) mass is 404 g/mol. The summed E-state index contributed by atoms with van der Waals surface area (Å²) in [7, 11) is 0. The molecule has 0 spiro atoms. The highest BCUT2D eigenvalue weighted by molar-refractivity contribution is 5.45. The van der Waals surface area contributed by atoms with Crippen LogP contribution in [-0.4, -0.2) is 13.2 Å². The minimum atomic E-state index is 0.714. The van der Waals surface area contributed by atoms with Crippen LogP contribution in [0.2, 0.25) is 0 Å². The number of hydrogen-bond acceptors (Lipinski definition) is 2. The largest absolute Gasteiger partial charge is 0.494 e. The third-order valence-corrected chi connectivity index (χ3v) is 5.98. The van der Waals surface area contributed by atoms with Crippen LogP contribution in [0.15, 0.2) is 48.5 Å². The molecule has 2 aromatic rings. The van der Waals surface area contributed by atoms with Crippen LogP contribution >= 0.6 is 0 Å². The molecule has 160 valence electrons. The standard InChI is InChI=1S/C28H36O2/c1-3-5-21-29-27-17-13-24(14-18-27)7-8-25-15-19-28(20-16-25)30-22-26-11-9-23(6-4-2)10-12-26/h13-20,23,26H,3-6,9-12,21-22H2,1-2H3/t23-,26-. The summed E-state index contributed by atoms with van der Waals surface area (Å²) in [5.41, 5.74) is 2.00. The molecule has 2 aromatic carbocycles. The quantitative estimate of drug-likeness (QED) is 0.324. The van der Waals surface area contributed by atoms with E-state index < -0.39 is 0 Å². The summed E-state index contributed by atoms with van der Waals surface area (Å²) in [5.74, 6) is 9.99. The molecule has 1 aliphatic carbocycles. The maximum Gasteiger partial charge on any atom is 0.119 e. The fourth-order valence-corrected chi connectivity index (χ4v) is 4.06. The van der Waals surface area contributed by atoms with E-state index in [0.29, 0.717) is 5.92 Å². The summed E-state index contributed by atoms with van der Waals surface area (Å²) < 4.78 is 11.7. The lowest BCUT2D eigenvalue weighted by Gasteiger charge is -2.28.